The number of benzene rings is 4. The summed E-state index contributed by atoms with van der Waals surface area (Å²) in [5.74, 6) is -0.923. The quantitative estimate of drug-likeness (QED) is 0.0769. The summed E-state index contributed by atoms with van der Waals surface area (Å²) >= 11 is 0. The Balaban J connectivity index is 1.39. The van der Waals surface area contributed by atoms with Crippen molar-refractivity contribution in [3.63, 3.8) is 0 Å². The van der Waals surface area contributed by atoms with Gasteiger partial charge in [-0.2, -0.15) is 0 Å². The minimum atomic E-state index is -0.854. The van der Waals surface area contributed by atoms with Crippen LogP contribution in [0.2, 0.25) is 0 Å². The molecule has 6 nitrogen and oxygen atoms in total. The number of hydrogen-bond acceptors (Lipinski definition) is 6. The average Bonchev–Trinajstić information content (AvgIpc) is 2.95. The molecule has 0 spiro atoms. The van der Waals surface area contributed by atoms with Gasteiger partial charge in [0.25, 0.3) is 0 Å². The maximum absolute atomic E-state index is 12.9. The van der Waals surface area contributed by atoms with Gasteiger partial charge in [-0.15, -0.1) is 0 Å². The van der Waals surface area contributed by atoms with E-state index in [-0.39, 0.29) is 39.1 Å². The van der Waals surface area contributed by atoms with Gasteiger partial charge in [0.2, 0.25) is 0 Å². The van der Waals surface area contributed by atoms with E-state index in [4.69, 9.17) is 13.9 Å². The first-order valence-corrected chi connectivity index (χ1v) is 13.2. The molecule has 7 heteroatoms. The molecular formula is C32H23O6S+. The van der Waals surface area contributed by atoms with Crippen molar-refractivity contribution in [2.75, 3.05) is 0 Å². The van der Waals surface area contributed by atoms with Crippen LogP contribution in [0.5, 0.6) is 11.5 Å². The lowest BCUT2D eigenvalue weighted by Crippen LogP contribution is -2.18. The number of hydrogen-bond donors (Lipinski definition) is 0. The van der Waals surface area contributed by atoms with E-state index in [0.717, 1.165) is 14.7 Å². The molecule has 0 radical (unpaired) electrons. The normalized spacial score (nSPS) is 10.8. The zero-order valence-electron chi connectivity index (χ0n) is 21.0. The molecule has 0 bridgehead atoms. The number of fused-ring (bicyclic) bond motifs is 1. The van der Waals surface area contributed by atoms with Gasteiger partial charge < -0.3 is 13.9 Å². The molecule has 1 aromatic heterocycles. The molecule has 0 fully saturated rings. The van der Waals surface area contributed by atoms with E-state index in [1.807, 2.05) is 48.5 Å². The van der Waals surface area contributed by atoms with Gasteiger partial charge in [-0.05, 0) is 79.7 Å². The first-order chi connectivity index (χ1) is 18.9. The standard InChI is InChI=1S/C32H23O6S/c1-21(2)30(33)37-24-15-18-29-22(19-24)20-28(32(35)38-29)31(34)36-23-13-16-27(17-14-23)39(25-9-5-3-6-10-25)26-11-7-4-8-12-26/h3-20H,1H2,2H3/q+1. The molecule has 0 amide bonds. The van der Waals surface area contributed by atoms with Crippen molar-refractivity contribution in [3.8, 4) is 11.5 Å². The highest BCUT2D eigenvalue weighted by molar-refractivity contribution is 7.97. The molecule has 1 heterocycles. The SMILES string of the molecule is C=C(C)C(=O)Oc1ccc2oc(=O)c(C(=O)Oc3ccc([S+](c4ccccc4)c4ccccc4)cc3)cc2c1. The van der Waals surface area contributed by atoms with Crippen LogP contribution in [0.3, 0.4) is 0 Å². The van der Waals surface area contributed by atoms with Crippen LogP contribution in [0.25, 0.3) is 11.0 Å². The first-order valence-electron chi connectivity index (χ1n) is 12.0. The molecule has 0 aliphatic rings. The first kappa shape index (κ1) is 25.8. The molecule has 192 valence electrons. The lowest BCUT2D eigenvalue weighted by Gasteiger charge is -2.09. The highest BCUT2D eigenvalue weighted by Gasteiger charge is 2.28. The molecule has 0 unspecified atom stereocenters. The third kappa shape index (κ3) is 5.84. The van der Waals surface area contributed by atoms with E-state index in [9.17, 15) is 14.4 Å². The lowest BCUT2D eigenvalue weighted by atomic mass is 10.2. The van der Waals surface area contributed by atoms with E-state index in [1.54, 1.807) is 12.1 Å². The zero-order valence-corrected chi connectivity index (χ0v) is 21.8. The molecule has 0 N–H and O–H groups in total. The van der Waals surface area contributed by atoms with Gasteiger partial charge in [0, 0.05) is 11.0 Å². The molecule has 4 aromatic carbocycles. The minimum absolute atomic E-state index is 0.228. The van der Waals surface area contributed by atoms with Crippen molar-refractivity contribution in [1.29, 1.82) is 0 Å². The van der Waals surface area contributed by atoms with Crippen molar-refractivity contribution < 1.29 is 23.5 Å². The van der Waals surface area contributed by atoms with Crippen LogP contribution in [0, 0.1) is 0 Å². The zero-order chi connectivity index (χ0) is 27.4. The Kier molecular flexibility index (Phi) is 7.43. The van der Waals surface area contributed by atoms with Crippen molar-refractivity contribution in [1.82, 2.24) is 0 Å². The van der Waals surface area contributed by atoms with Crippen LogP contribution in [-0.2, 0) is 15.7 Å². The number of ether oxygens (including phenoxy) is 2. The monoisotopic (exact) mass is 535 g/mol. The summed E-state index contributed by atoms with van der Waals surface area (Å²) in [5.41, 5.74) is -0.622. The van der Waals surface area contributed by atoms with Gasteiger partial charge in [0.05, 0.1) is 10.9 Å². The highest BCUT2D eigenvalue weighted by atomic mass is 32.2. The van der Waals surface area contributed by atoms with Crippen molar-refractivity contribution >= 4 is 33.8 Å². The van der Waals surface area contributed by atoms with Crippen LogP contribution in [0.15, 0.2) is 145 Å². The topological polar surface area (TPSA) is 82.8 Å². The smallest absolute Gasteiger partial charge is 0.351 e. The second-order valence-electron chi connectivity index (χ2n) is 8.61. The van der Waals surface area contributed by atoms with Crippen molar-refractivity contribution in [2.45, 2.75) is 21.6 Å². The van der Waals surface area contributed by atoms with Crippen molar-refractivity contribution in [3.05, 3.63) is 137 Å². The molecule has 5 aromatic rings. The fourth-order valence-electron chi connectivity index (χ4n) is 3.83. The number of carbonyl (C=O) groups excluding carboxylic acids is 2. The molecular weight excluding hydrogens is 512 g/mol. The molecule has 39 heavy (non-hydrogen) atoms. The molecule has 0 atom stereocenters. The maximum Gasteiger partial charge on any atom is 0.351 e. The van der Waals surface area contributed by atoms with Crippen LogP contribution in [0.1, 0.15) is 17.3 Å². The van der Waals surface area contributed by atoms with Gasteiger partial charge in [-0.25, -0.2) is 14.4 Å². The summed E-state index contributed by atoms with van der Waals surface area (Å²) < 4.78 is 16.0. The van der Waals surface area contributed by atoms with Crippen LogP contribution >= 0.6 is 0 Å². The van der Waals surface area contributed by atoms with Crippen LogP contribution in [-0.4, -0.2) is 11.9 Å². The Hall–Kier alpha value is -4.88. The lowest BCUT2D eigenvalue weighted by molar-refractivity contribution is -0.130. The fraction of sp³-hybridized carbons (Fsp3) is 0.0312. The predicted octanol–water partition coefficient (Wildman–Crippen LogP) is 6.59. The average molecular weight is 536 g/mol. The molecule has 5 rings (SSSR count). The summed E-state index contributed by atoms with van der Waals surface area (Å²) in [6, 6.07) is 33.5. The highest BCUT2D eigenvalue weighted by Crippen LogP contribution is 2.32. The Morgan fingerprint density at radius 1 is 0.718 bits per heavy atom. The maximum atomic E-state index is 12.9. The van der Waals surface area contributed by atoms with Gasteiger partial charge in [-0.3, -0.25) is 0 Å². The van der Waals surface area contributed by atoms with E-state index in [2.05, 4.69) is 30.8 Å². The number of carbonyl (C=O) groups is 2. The molecule has 0 saturated heterocycles. The summed E-state index contributed by atoms with van der Waals surface area (Å²) in [6.07, 6.45) is 0. The largest absolute Gasteiger partial charge is 0.423 e. The van der Waals surface area contributed by atoms with Gasteiger partial charge in [0.15, 0.2) is 14.7 Å². The summed E-state index contributed by atoms with van der Waals surface area (Å²) in [6.45, 7) is 5.09. The summed E-state index contributed by atoms with van der Waals surface area (Å²) in [5, 5.41) is 0.402. The second-order valence-corrected chi connectivity index (χ2v) is 10.6. The Morgan fingerprint density at radius 2 is 1.28 bits per heavy atom. The summed E-state index contributed by atoms with van der Waals surface area (Å²) in [4.78, 5) is 40.6. The third-order valence-corrected chi connectivity index (χ3v) is 7.94. The van der Waals surface area contributed by atoms with Crippen molar-refractivity contribution in [2.24, 2.45) is 0 Å². The van der Waals surface area contributed by atoms with E-state index in [1.165, 1.54) is 31.2 Å². The Bertz CT molecular complexity index is 1690. The Morgan fingerprint density at radius 3 is 1.87 bits per heavy atom. The minimum Gasteiger partial charge on any atom is -0.423 e. The van der Waals surface area contributed by atoms with Gasteiger partial charge in [0.1, 0.15) is 22.6 Å². The van der Waals surface area contributed by atoms with Crippen LogP contribution in [0.4, 0.5) is 0 Å². The number of esters is 2. The molecule has 0 saturated carbocycles. The Labute approximate surface area is 227 Å². The van der Waals surface area contributed by atoms with E-state index < -0.39 is 17.6 Å². The van der Waals surface area contributed by atoms with E-state index in [0.29, 0.717) is 5.39 Å². The van der Waals surface area contributed by atoms with Gasteiger partial charge >= 0.3 is 17.6 Å². The number of rotatable bonds is 7. The second kappa shape index (κ2) is 11.2. The fourth-order valence-corrected chi connectivity index (χ4v) is 5.91. The molecule has 0 aliphatic heterocycles. The van der Waals surface area contributed by atoms with Crippen LogP contribution < -0.4 is 15.1 Å². The predicted molar refractivity (Wildman–Crippen MR) is 149 cm³/mol. The third-order valence-electron chi connectivity index (χ3n) is 5.71. The molecule has 0 aliphatic carbocycles. The van der Waals surface area contributed by atoms with Gasteiger partial charge in [-0.1, -0.05) is 43.0 Å². The summed E-state index contributed by atoms with van der Waals surface area (Å²) in [7, 11) is -0.348. The van der Waals surface area contributed by atoms with E-state index >= 15 is 0 Å².